The lowest BCUT2D eigenvalue weighted by Gasteiger charge is -2.28. The van der Waals surface area contributed by atoms with Gasteiger partial charge in [0, 0.05) is 26.9 Å². The van der Waals surface area contributed by atoms with E-state index in [9.17, 15) is 4.79 Å². The van der Waals surface area contributed by atoms with Crippen LogP contribution >= 0.6 is 12.4 Å². The van der Waals surface area contributed by atoms with Crippen molar-refractivity contribution in [3.8, 4) is 0 Å². The molecule has 7 heteroatoms. The number of hydrogen-bond acceptors (Lipinski definition) is 4. The van der Waals surface area contributed by atoms with E-state index in [1.165, 1.54) is 0 Å². The van der Waals surface area contributed by atoms with Crippen LogP contribution in [0.25, 0.3) is 0 Å². The van der Waals surface area contributed by atoms with Crippen molar-refractivity contribution in [2.75, 3.05) is 26.8 Å². The molecule has 1 aliphatic rings. The van der Waals surface area contributed by atoms with Crippen molar-refractivity contribution in [1.82, 2.24) is 20.4 Å². The van der Waals surface area contributed by atoms with Crippen molar-refractivity contribution in [3.63, 3.8) is 0 Å². The smallest absolute Gasteiger partial charge is 0.254 e. The molecule has 2 rings (SSSR count). The van der Waals surface area contributed by atoms with Crippen LogP contribution in [0.3, 0.4) is 0 Å². The van der Waals surface area contributed by atoms with Gasteiger partial charge < -0.3 is 15.4 Å². The van der Waals surface area contributed by atoms with E-state index >= 15 is 0 Å². The third kappa shape index (κ3) is 3.92. The van der Waals surface area contributed by atoms with E-state index in [0.29, 0.717) is 18.7 Å². The van der Waals surface area contributed by atoms with Crippen molar-refractivity contribution < 1.29 is 9.53 Å². The summed E-state index contributed by atoms with van der Waals surface area (Å²) < 4.78 is 6.86. The topological polar surface area (TPSA) is 68.2 Å². The molecule has 0 radical (unpaired) electrons. The first-order valence-corrected chi connectivity index (χ1v) is 6.16. The summed E-state index contributed by atoms with van der Waals surface area (Å²) in [5.41, 5.74) is 0.468. The summed E-state index contributed by atoms with van der Waals surface area (Å²) in [6.45, 7) is 2.17. The number of amides is 1. The first kappa shape index (κ1) is 15.9. The van der Waals surface area contributed by atoms with Crippen LogP contribution in [-0.4, -0.2) is 48.0 Å². The van der Waals surface area contributed by atoms with Crippen molar-refractivity contribution in [1.29, 1.82) is 0 Å². The molecule has 2 N–H and O–H groups in total. The van der Waals surface area contributed by atoms with Gasteiger partial charge in [-0.2, -0.15) is 5.10 Å². The number of carbonyl (C=O) groups is 1. The van der Waals surface area contributed by atoms with Crippen LogP contribution in [0, 0.1) is 0 Å². The number of hydrogen-bond donors (Lipinski definition) is 2. The van der Waals surface area contributed by atoms with E-state index in [0.717, 1.165) is 19.4 Å². The van der Waals surface area contributed by atoms with Crippen LogP contribution in [0.15, 0.2) is 12.4 Å². The molecule has 1 saturated heterocycles. The SMILES string of the molecule is COCC1(CNC(=O)c2cnn(C)c2)CCCN1.Cl. The lowest BCUT2D eigenvalue weighted by molar-refractivity contribution is 0.0892. The summed E-state index contributed by atoms with van der Waals surface area (Å²) in [6, 6.07) is 0. The first-order valence-electron chi connectivity index (χ1n) is 6.16. The minimum absolute atomic E-state index is 0. The van der Waals surface area contributed by atoms with Crippen molar-refractivity contribution in [3.05, 3.63) is 18.0 Å². The van der Waals surface area contributed by atoms with Gasteiger partial charge in [-0.1, -0.05) is 0 Å². The second kappa shape index (κ2) is 6.88. The Kier molecular flexibility index (Phi) is 5.78. The number of methoxy groups -OCH3 is 1. The predicted molar refractivity (Wildman–Crippen MR) is 74.6 cm³/mol. The van der Waals surface area contributed by atoms with E-state index in [2.05, 4.69) is 15.7 Å². The number of nitrogens with one attached hydrogen (secondary N) is 2. The van der Waals surface area contributed by atoms with E-state index in [1.54, 1.807) is 31.2 Å². The Morgan fingerprint density at radius 1 is 1.68 bits per heavy atom. The van der Waals surface area contributed by atoms with Gasteiger partial charge in [0.2, 0.25) is 0 Å². The molecule has 0 bridgehead atoms. The van der Waals surface area contributed by atoms with Gasteiger partial charge in [0.15, 0.2) is 0 Å². The predicted octanol–water partition coefficient (Wildman–Crippen LogP) is 0.340. The highest BCUT2D eigenvalue weighted by Crippen LogP contribution is 2.18. The number of ether oxygens (including phenoxy) is 1. The molecule has 1 fully saturated rings. The molecule has 1 aromatic heterocycles. The Bertz CT molecular complexity index is 416. The molecule has 108 valence electrons. The minimum atomic E-state index is -0.118. The maximum Gasteiger partial charge on any atom is 0.254 e. The quantitative estimate of drug-likeness (QED) is 0.820. The molecule has 19 heavy (non-hydrogen) atoms. The monoisotopic (exact) mass is 288 g/mol. The Labute approximate surface area is 119 Å². The normalized spacial score (nSPS) is 22.0. The van der Waals surface area contributed by atoms with E-state index < -0.39 is 0 Å². The van der Waals surface area contributed by atoms with Crippen molar-refractivity contribution in [2.45, 2.75) is 18.4 Å². The fraction of sp³-hybridized carbons (Fsp3) is 0.667. The van der Waals surface area contributed by atoms with E-state index in [4.69, 9.17) is 4.74 Å². The van der Waals surface area contributed by atoms with Crippen LogP contribution < -0.4 is 10.6 Å². The number of halogens is 1. The average Bonchev–Trinajstić information content (AvgIpc) is 2.97. The van der Waals surface area contributed by atoms with Gasteiger partial charge in [-0.25, -0.2) is 0 Å². The maximum atomic E-state index is 11.9. The number of carbonyl (C=O) groups excluding carboxylic acids is 1. The van der Waals surface area contributed by atoms with Crippen molar-refractivity contribution >= 4 is 18.3 Å². The maximum absolute atomic E-state index is 11.9. The van der Waals surface area contributed by atoms with Gasteiger partial charge >= 0.3 is 0 Å². The highest BCUT2D eigenvalue weighted by molar-refractivity contribution is 5.93. The van der Waals surface area contributed by atoms with Crippen LogP contribution in [0.2, 0.25) is 0 Å². The van der Waals surface area contributed by atoms with Gasteiger partial charge in [-0.15, -0.1) is 12.4 Å². The zero-order chi connectivity index (χ0) is 13.0. The second-order valence-electron chi connectivity index (χ2n) is 4.83. The summed E-state index contributed by atoms with van der Waals surface area (Å²) in [4.78, 5) is 11.9. The van der Waals surface area contributed by atoms with E-state index in [1.807, 2.05) is 0 Å². The van der Waals surface area contributed by atoms with Crippen LogP contribution in [0.4, 0.5) is 0 Å². The standard InChI is InChI=1S/C12H20N4O2.ClH/c1-16-7-10(6-15-16)11(17)13-8-12(9-18-2)4-3-5-14-12;/h6-7,14H,3-5,8-9H2,1-2H3,(H,13,17);1H. The highest BCUT2D eigenvalue weighted by Gasteiger charge is 2.33. The zero-order valence-corrected chi connectivity index (χ0v) is 12.1. The van der Waals surface area contributed by atoms with Crippen molar-refractivity contribution in [2.24, 2.45) is 7.05 Å². The van der Waals surface area contributed by atoms with Gasteiger partial charge in [-0.3, -0.25) is 9.48 Å². The Hall–Kier alpha value is -1.11. The minimum Gasteiger partial charge on any atom is -0.383 e. The molecule has 6 nitrogen and oxygen atoms in total. The summed E-state index contributed by atoms with van der Waals surface area (Å²) in [6.07, 6.45) is 5.42. The molecular weight excluding hydrogens is 268 g/mol. The summed E-state index contributed by atoms with van der Waals surface area (Å²) >= 11 is 0. The largest absolute Gasteiger partial charge is 0.383 e. The third-order valence-electron chi connectivity index (χ3n) is 3.31. The molecule has 1 atom stereocenters. The van der Waals surface area contributed by atoms with Crippen LogP contribution in [-0.2, 0) is 11.8 Å². The fourth-order valence-electron chi connectivity index (χ4n) is 2.36. The fourth-order valence-corrected chi connectivity index (χ4v) is 2.36. The average molecular weight is 289 g/mol. The molecule has 0 spiro atoms. The summed E-state index contributed by atoms with van der Waals surface area (Å²) in [5, 5.41) is 10.4. The summed E-state index contributed by atoms with van der Waals surface area (Å²) in [5.74, 6) is -0.0905. The number of aryl methyl sites for hydroxylation is 1. The Morgan fingerprint density at radius 2 is 2.47 bits per heavy atom. The Balaban J connectivity index is 0.00000180. The van der Waals surface area contributed by atoms with Gasteiger partial charge in [0.1, 0.15) is 0 Å². The van der Waals surface area contributed by atoms with Crippen LogP contribution in [0.1, 0.15) is 23.2 Å². The highest BCUT2D eigenvalue weighted by atomic mass is 35.5. The molecule has 1 aromatic rings. The molecule has 0 aliphatic carbocycles. The summed E-state index contributed by atoms with van der Waals surface area (Å²) in [7, 11) is 3.48. The Morgan fingerprint density at radius 3 is 3.00 bits per heavy atom. The lowest BCUT2D eigenvalue weighted by atomic mass is 9.98. The van der Waals surface area contributed by atoms with Gasteiger partial charge in [-0.05, 0) is 19.4 Å². The second-order valence-corrected chi connectivity index (χ2v) is 4.83. The zero-order valence-electron chi connectivity index (χ0n) is 11.3. The molecular formula is C12H21ClN4O2. The molecule has 0 saturated carbocycles. The number of aromatic nitrogens is 2. The van der Waals surface area contributed by atoms with Gasteiger partial charge in [0.05, 0.1) is 23.9 Å². The van der Waals surface area contributed by atoms with Crippen LogP contribution in [0.5, 0.6) is 0 Å². The van der Waals surface area contributed by atoms with Gasteiger partial charge in [0.25, 0.3) is 5.91 Å². The third-order valence-corrected chi connectivity index (χ3v) is 3.31. The first-order chi connectivity index (χ1) is 8.65. The van der Waals surface area contributed by atoms with E-state index in [-0.39, 0.29) is 23.9 Å². The molecule has 0 aromatic carbocycles. The molecule has 1 aliphatic heterocycles. The number of rotatable bonds is 5. The molecule has 1 amide bonds. The molecule has 1 unspecified atom stereocenters. The molecule has 2 heterocycles. The lowest BCUT2D eigenvalue weighted by Crippen LogP contribution is -2.52. The number of nitrogens with zero attached hydrogens (tertiary/aromatic N) is 2.